The van der Waals surface area contributed by atoms with E-state index in [1.807, 2.05) is 0 Å². The number of ether oxygens (including phenoxy) is 1. The van der Waals surface area contributed by atoms with Crippen molar-refractivity contribution in [2.45, 2.75) is 0 Å². The van der Waals surface area contributed by atoms with Gasteiger partial charge < -0.3 is 4.74 Å². The van der Waals surface area contributed by atoms with Crippen LogP contribution in [0.25, 0.3) is 11.3 Å². The maximum Gasteiger partial charge on any atom is 0.294 e. The summed E-state index contributed by atoms with van der Waals surface area (Å²) in [5.41, 5.74) is 1.18. The fourth-order valence-electron chi connectivity index (χ4n) is 1.84. The van der Waals surface area contributed by atoms with E-state index in [-0.39, 0.29) is 24.1 Å². The van der Waals surface area contributed by atoms with Gasteiger partial charge in [0.2, 0.25) is 12.7 Å². The first-order chi connectivity index (χ1) is 9.65. The maximum atomic E-state index is 13.0. The molecule has 1 aromatic heterocycles. The molecule has 0 saturated heterocycles. The van der Waals surface area contributed by atoms with Gasteiger partial charge in [0.1, 0.15) is 5.82 Å². The van der Waals surface area contributed by atoms with Gasteiger partial charge in [-0.2, -0.15) is 0 Å². The first-order valence-electron chi connectivity index (χ1n) is 5.77. The van der Waals surface area contributed by atoms with Crippen molar-refractivity contribution in [3.05, 3.63) is 47.8 Å². The molecule has 0 atom stereocenters. The summed E-state index contributed by atoms with van der Waals surface area (Å²) in [6.07, 6.45) is 0. The standard InChI is InChI=1S/C13H10FN3O3/c14-9-3-1-8(2-4-9)12-10-5-6-11(16-12)19-7-20-17(15)13(10)18/h1-6H,7,15H2. The number of hydrogen-bond donors (Lipinski definition) is 1. The van der Waals surface area contributed by atoms with Crippen molar-refractivity contribution >= 4 is 5.91 Å². The number of benzene rings is 1. The molecule has 2 N–H and O–H groups in total. The Bertz CT molecular complexity index is 660. The number of carbonyl (C=O) groups excluding carboxylic acids is 1. The van der Waals surface area contributed by atoms with Crippen LogP contribution >= 0.6 is 0 Å². The SMILES string of the molecule is NN1OCOc2ccc(c(-c3ccc(F)cc3)n2)C1=O. The minimum atomic E-state index is -0.561. The molecular weight excluding hydrogens is 265 g/mol. The predicted octanol–water partition coefficient (Wildman–Crippen LogP) is 1.49. The van der Waals surface area contributed by atoms with E-state index in [0.717, 1.165) is 0 Å². The number of hydroxylamine groups is 1. The lowest BCUT2D eigenvalue weighted by Gasteiger charge is -2.14. The Labute approximate surface area is 113 Å². The second-order valence-corrected chi connectivity index (χ2v) is 4.07. The lowest BCUT2D eigenvalue weighted by molar-refractivity contribution is -0.171. The second kappa shape index (κ2) is 4.87. The van der Waals surface area contributed by atoms with Crippen LogP contribution < -0.4 is 10.6 Å². The number of aromatic nitrogens is 1. The highest BCUT2D eigenvalue weighted by Gasteiger charge is 2.22. The summed E-state index contributed by atoms with van der Waals surface area (Å²) in [7, 11) is 0. The number of hydrazine groups is 1. The highest BCUT2D eigenvalue weighted by molar-refractivity contribution is 5.99. The molecular formula is C13H10FN3O3. The van der Waals surface area contributed by atoms with Crippen molar-refractivity contribution in [2.75, 3.05) is 6.79 Å². The quantitative estimate of drug-likeness (QED) is 0.630. The first kappa shape index (κ1) is 12.5. The number of hydrogen-bond acceptors (Lipinski definition) is 5. The lowest BCUT2D eigenvalue weighted by Crippen LogP contribution is -2.38. The second-order valence-electron chi connectivity index (χ2n) is 4.07. The van der Waals surface area contributed by atoms with Crippen LogP contribution in [0.3, 0.4) is 0 Å². The molecule has 4 rings (SSSR count). The van der Waals surface area contributed by atoms with Crippen LogP contribution in [0, 0.1) is 5.82 Å². The molecule has 3 heterocycles. The summed E-state index contributed by atoms with van der Waals surface area (Å²) in [6, 6.07) is 8.71. The van der Waals surface area contributed by atoms with E-state index in [4.69, 9.17) is 15.4 Å². The third-order valence-corrected chi connectivity index (χ3v) is 2.82. The third kappa shape index (κ3) is 2.20. The summed E-state index contributed by atoms with van der Waals surface area (Å²) >= 11 is 0. The van der Waals surface area contributed by atoms with Gasteiger partial charge in [-0.3, -0.25) is 4.79 Å². The number of fused-ring (bicyclic) bond motifs is 6. The van der Waals surface area contributed by atoms with Crippen molar-refractivity contribution in [1.29, 1.82) is 0 Å². The van der Waals surface area contributed by atoms with Gasteiger partial charge in [-0.1, -0.05) is 0 Å². The van der Waals surface area contributed by atoms with E-state index in [1.54, 1.807) is 6.07 Å². The fraction of sp³-hybridized carbons (Fsp3) is 0.0769. The molecule has 2 bridgehead atoms. The largest absolute Gasteiger partial charge is 0.448 e. The first-order valence-corrected chi connectivity index (χ1v) is 5.77. The molecule has 2 aliphatic heterocycles. The van der Waals surface area contributed by atoms with Gasteiger partial charge in [-0.15, -0.1) is 5.17 Å². The monoisotopic (exact) mass is 275 g/mol. The van der Waals surface area contributed by atoms with Crippen LogP contribution in [0.1, 0.15) is 10.4 Å². The molecule has 0 saturated carbocycles. The van der Waals surface area contributed by atoms with E-state index in [2.05, 4.69) is 4.98 Å². The number of nitrogens with zero attached hydrogens (tertiary/aromatic N) is 2. The Balaban J connectivity index is 2.16. The zero-order valence-corrected chi connectivity index (χ0v) is 10.2. The van der Waals surface area contributed by atoms with E-state index in [1.165, 1.54) is 30.3 Å². The van der Waals surface area contributed by atoms with Crippen molar-refractivity contribution in [1.82, 2.24) is 10.2 Å². The van der Waals surface area contributed by atoms with Crippen molar-refractivity contribution in [3.8, 4) is 17.1 Å². The van der Waals surface area contributed by atoms with Crippen LogP contribution in [0.4, 0.5) is 4.39 Å². The van der Waals surface area contributed by atoms with Gasteiger partial charge in [0.15, 0.2) is 0 Å². The number of rotatable bonds is 1. The number of carbonyl (C=O) groups is 1. The number of nitrogens with two attached hydrogens (primary N) is 1. The van der Waals surface area contributed by atoms with Crippen molar-refractivity contribution in [3.63, 3.8) is 0 Å². The highest BCUT2D eigenvalue weighted by Crippen LogP contribution is 2.26. The molecule has 1 amide bonds. The van der Waals surface area contributed by atoms with Crippen LogP contribution in [-0.2, 0) is 4.84 Å². The Morgan fingerprint density at radius 3 is 2.70 bits per heavy atom. The molecule has 0 aliphatic carbocycles. The normalized spacial score (nSPS) is 14.5. The number of amides is 1. The lowest BCUT2D eigenvalue weighted by atomic mass is 10.1. The third-order valence-electron chi connectivity index (χ3n) is 2.82. The minimum absolute atomic E-state index is 0.227. The summed E-state index contributed by atoms with van der Waals surface area (Å²) in [4.78, 5) is 21.2. The smallest absolute Gasteiger partial charge is 0.294 e. The van der Waals surface area contributed by atoms with Crippen LogP contribution in [0.2, 0.25) is 0 Å². The molecule has 0 fully saturated rings. The summed E-state index contributed by atoms with van der Waals surface area (Å²) in [5.74, 6) is 4.82. The molecule has 6 nitrogen and oxygen atoms in total. The van der Waals surface area contributed by atoms with Gasteiger partial charge in [-0.25, -0.2) is 20.1 Å². The molecule has 2 aromatic rings. The van der Waals surface area contributed by atoms with E-state index >= 15 is 0 Å². The zero-order valence-electron chi connectivity index (χ0n) is 10.2. The summed E-state index contributed by atoms with van der Waals surface area (Å²) in [5, 5.41) is 0.590. The Kier molecular flexibility index (Phi) is 3.05. The Hall–Kier alpha value is -2.51. The van der Waals surface area contributed by atoms with Gasteiger partial charge >= 0.3 is 0 Å². The van der Waals surface area contributed by atoms with Gasteiger partial charge in [-0.05, 0) is 30.3 Å². The maximum absolute atomic E-state index is 13.0. The molecule has 2 aliphatic rings. The highest BCUT2D eigenvalue weighted by atomic mass is 19.1. The molecule has 20 heavy (non-hydrogen) atoms. The predicted molar refractivity (Wildman–Crippen MR) is 66.6 cm³/mol. The van der Waals surface area contributed by atoms with Gasteiger partial charge in [0, 0.05) is 11.6 Å². The summed E-state index contributed by atoms with van der Waals surface area (Å²) < 4.78 is 18.2. The molecule has 0 unspecified atom stereocenters. The Morgan fingerprint density at radius 2 is 1.95 bits per heavy atom. The molecule has 102 valence electrons. The van der Waals surface area contributed by atoms with Crippen LogP contribution in [-0.4, -0.2) is 22.9 Å². The Morgan fingerprint density at radius 1 is 1.20 bits per heavy atom. The van der Waals surface area contributed by atoms with E-state index in [0.29, 0.717) is 16.4 Å². The van der Waals surface area contributed by atoms with Gasteiger partial charge in [0.05, 0.1) is 11.3 Å². The van der Waals surface area contributed by atoms with E-state index in [9.17, 15) is 9.18 Å². The number of pyridine rings is 1. The number of halogens is 1. The molecule has 0 radical (unpaired) electrons. The minimum Gasteiger partial charge on any atom is -0.448 e. The summed E-state index contributed by atoms with van der Waals surface area (Å²) in [6.45, 7) is -0.227. The van der Waals surface area contributed by atoms with E-state index < -0.39 is 5.91 Å². The average molecular weight is 275 g/mol. The van der Waals surface area contributed by atoms with Crippen molar-refractivity contribution < 1.29 is 18.8 Å². The molecule has 7 heteroatoms. The average Bonchev–Trinajstić information content (AvgIpc) is 2.56. The molecule has 1 aromatic carbocycles. The van der Waals surface area contributed by atoms with Gasteiger partial charge in [0.25, 0.3) is 5.91 Å². The topological polar surface area (TPSA) is 77.7 Å². The fourth-order valence-corrected chi connectivity index (χ4v) is 1.84. The van der Waals surface area contributed by atoms with Crippen LogP contribution in [0.15, 0.2) is 36.4 Å². The zero-order chi connectivity index (χ0) is 14.1. The van der Waals surface area contributed by atoms with Crippen molar-refractivity contribution in [2.24, 2.45) is 5.84 Å². The molecule has 0 spiro atoms. The van der Waals surface area contributed by atoms with Crippen LogP contribution in [0.5, 0.6) is 5.88 Å².